The third-order valence-electron chi connectivity index (χ3n) is 3.13. The van der Waals surface area contributed by atoms with Gasteiger partial charge in [0.15, 0.2) is 0 Å². The van der Waals surface area contributed by atoms with Crippen LogP contribution in [0, 0.1) is 0 Å². The number of hydrogen-bond acceptors (Lipinski definition) is 2. The van der Waals surface area contributed by atoms with E-state index in [9.17, 15) is 10.2 Å². The van der Waals surface area contributed by atoms with Gasteiger partial charge in [0.2, 0.25) is 0 Å². The molecule has 0 aliphatic rings. The van der Waals surface area contributed by atoms with Crippen molar-refractivity contribution in [3.8, 4) is 5.75 Å². The van der Waals surface area contributed by atoms with Crippen molar-refractivity contribution in [3.63, 3.8) is 0 Å². The van der Waals surface area contributed by atoms with E-state index >= 15 is 0 Å². The second-order valence-corrected chi connectivity index (χ2v) is 5.26. The van der Waals surface area contributed by atoms with E-state index in [-0.39, 0.29) is 5.75 Å². The topological polar surface area (TPSA) is 40.5 Å². The number of phenols is 1. The molecule has 0 aliphatic heterocycles. The number of unbranched alkanes of at least 4 members (excludes halogenated alkanes) is 1. The Labute approximate surface area is 132 Å². The molecule has 0 radical (unpaired) electrons. The number of benzene rings is 1. The highest BCUT2D eigenvalue weighted by Gasteiger charge is 2.07. The standard InChI is InChI=1S/C18H23ClO2/c1-2-3-4-5-6-7-18(21)13-16(14-19)12-15-8-10-17(20)11-9-15/h2,5-6,8-11,14,18,20-21H,1,3-4,7,12-13H2. The number of halogens is 1. The van der Waals surface area contributed by atoms with Crippen molar-refractivity contribution < 1.29 is 10.2 Å². The lowest BCUT2D eigenvalue weighted by molar-refractivity contribution is 0.177. The van der Waals surface area contributed by atoms with E-state index in [1.807, 2.05) is 24.3 Å². The molecule has 1 rings (SSSR count). The summed E-state index contributed by atoms with van der Waals surface area (Å²) >= 11 is 5.84. The van der Waals surface area contributed by atoms with Gasteiger partial charge in [-0.15, -0.1) is 6.58 Å². The van der Waals surface area contributed by atoms with Gasteiger partial charge in [-0.1, -0.05) is 47.5 Å². The first-order chi connectivity index (χ1) is 10.2. The number of rotatable bonds is 9. The van der Waals surface area contributed by atoms with E-state index in [0.29, 0.717) is 19.3 Å². The Bertz CT molecular complexity index is 474. The van der Waals surface area contributed by atoms with Gasteiger partial charge in [-0.3, -0.25) is 0 Å². The predicted octanol–water partition coefficient (Wildman–Crippen LogP) is 4.72. The average molecular weight is 307 g/mol. The van der Waals surface area contributed by atoms with Crippen LogP contribution < -0.4 is 0 Å². The Morgan fingerprint density at radius 3 is 2.52 bits per heavy atom. The monoisotopic (exact) mass is 306 g/mol. The van der Waals surface area contributed by atoms with Crippen LogP contribution in [0.4, 0.5) is 0 Å². The highest BCUT2D eigenvalue weighted by Crippen LogP contribution is 2.18. The van der Waals surface area contributed by atoms with Crippen molar-refractivity contribution in [3.05, 3.63) is 65.7 Å². The summed E-state index contributed by atoms with van der Waals surface area (Å²) in [6, 6.07) is 7.02. The highest BCUT2D eigenvalue weighted by atomic mass is 35.5. The summed E-state index contributed by atoms with van der Waals surface area (Å²) in [5.74, 6) is 0.250. The summed E-state index contributed by atoms with van der Waals surface area (Å²) in [5, 5.41) is 19.3. The zero-order valence-electron chi connectivity index (χ0n) is 12.2. The molecule has 0 aliphatic carbocycles. The van der Waals surface area contributed by atoms with Crippen LogP contribution in [0.2, 0.25) is 0 Å². The van der Waals surface area contributed by atoms with Crippen molar-refractivity contribution >= 4 is 11.6 Å². The molecule has 3 heteroatoms. The number of aliphatic hydroxyl groups is 1. The van der Waals surface area contributed by atoms with Crippen LogP contribution in [-0.2, 0) is 6.42 Å². The van der Waals surface area contributed by atoms with E-state index in [1.165, 1.54) is 5.54 Å². The molecular weight excluding hydrogens is 284 g/mol. The molecule has 0 bridgehead atoms. The average Bonchev–Trinajstić information content (AvgIpc) is 2.48. The number of allylic oxidation sites excluding steroid dienone is 2. The van der Waals surface area contributed by atoms with Gasteiger partial charge in [-0.25, -0.2) is 0 Å². The van der Waals surface area contributed by atoms with E-state index in [0.717, 1.165) is 24.0 Å². The van der Waals surface area contributed by atoms with E-state index in [1.54, 1.807) is 12.1 Å². The van der Waals surface area contributed by atoms with E-state index in [2.05, 4.69) is 12.7 Å². The summed E-state index contributed by atoms with van der Waals surface area (Å²) in [6.45, 7) is 3.67. The molecule has 0 amide bonds. The number of hydrogen-bond donors (Lipinski definition) is 2. The fraction of sp³-hybridized carbons (Fsp3) is 0.333. The van der Waals surface area contributed by atoms with Crippen molar-refractivity contribution in [1.82, 2.24) is 0 Å². The Hall–Kier alpha value is -1.51. The highest BCUT2D eigenvalue weighted by molar-refractivity contribution is 6.25. The largest absolute Gasteiger partial charge is 0.508 e. The zero-order valence-corrected chi connectivity index (χ0v) is 13.0. The van der Waals surface area contributed by atoms with Crippen molar-refractivity contribution in [2.75, 3.05) is 0 Å². The maximum atomic E-state index is 10.0. The molecule has 0 spiro atoms. The molecule has 0 fully saturated rings. The normalized spacial score (nSPS) is 13.5. The molecule has 0 heterocycles. The van der Waals surface area contributed by atoms with Gasteiger partial charge in [0.25, 0.3) is 0 Å². The number of aliphatic hydroxyl groups excluding tert-OH is 1. The molecule has 114 valence electrons. The fourth-order valence-electron chi connectivity index (χ4n) is 2.00. The third-order valence-corrected chi connectivity index (χ3v) is 3.44. The molecule has 0 saturated carbocycles. The Morgan fingerprint density at radius 2 is 1.90 bits per heavy atom. The summed E-state index contributed by atoms with van der Waals surface area (Å²) in [5.41, 5.74) is 3.58. The minimum atomic E-state index is -0.424. The maximum Gasteiger partial charge on any atom is 0.115 e. The first-order valence-electron chi connectivity index (χ1n) is 7.15. The fourth-order valence-corrected chi connectivity index (χ4v) is 2.17. The van der Waals surface area contributed by atoms with Gasteiger partial charge >= 0.3 is 0 Å². The minimum absolute atomic E-state index is 0.250. The van der Waals surface area contributed by atoms with Crippen molar-refractivity contribution in [1.29, 1.82) is 0 Å². The number of phenolic OH excluding ortho intramolecular Hbond substituents is 1. The lowest BCUT2D eigenvalue weighted by Crippen LogP contribution is -2.07. The summed E-state index contributed by atoms with van der Waals surface area (Å²) in [7, 11) is 0. The predicted molar refractivity (Wildman–Crippen MR) is 89.6 cm³/mol. The Morgan fingerprint density at radius 1 is 1.19 bits per heavy atom. The molecule has 0 saturated heterocycles. The second kappa shape index (κ2) is 10.3. The van der Waals surface area contributed by atoms with Gasteiger partial charge in [-0.2, -0.15) is 0 Å². The molecule has 1 unspecified atom stereocenters. The van der Waals surface area contributed by atoms with E-state index in [4.69, 9.17) is 11.6 Å². The maximum absolute atomic E-state index is 10.0. The molecule has 1 aromatic rings. The summed E-state index contributed by atoms with van der Waals surface area (Å²) in [4.78, 5) is 0. The SMILES string of the molecule is C=CCCC=CCC(O)CC(=CCl)Cc1ccc(O)cc1. The van der Waals surface area contributed by atoms with Crippen LogP contribution >= 0.6 is 11.6 Å². The van der Waals surface area contributed by atoms with Gasteiger partial charge in [-0.05, 0) is 49.8 Å². The van der Waals surface area contributed by atoms with Crippen LogP contribution in [0.1, 0.15) is 31.2 Å². The van der Waals surface area contributed by atoms with Gasteiger partial charge < -0.3 is 10.2 Å². The lowest BCUT2D eigenvalue weighted by atomic mass is 10.00. The third kappa shape index (κ3) is 7.74. The van der Waals surface area contributed by atoms with Gasteiger partial charge in [0.05, 0.1) is 6.10 Å². The van der Waals surface area contributed by atoms with Crippen molar-refractivity contribution in [2.45, 2.75) is 38.2 Å². The molecular formula is C18H23ClO2. The van der Waals surface area contributed by atoms with Gasteiger partial charge in [0.1, 0.15) is 5.75 Å². The molecule has 2 nitrogen and oxygen atoms in total. The van der Waals surface area contributed by atoms with Gasteiger partial charge in [0, 0.05) is 5.54 Å². The minimum Gasteiger partial charge on any atom is -0.508 e. The van der Waals surface area contributed by atoms with Crippen LogP contribution in [0.3, 0.4) is 0 Å². The van der Waals surface area contributed by atoms with Crippen LogP contribution in [0.5, 0.6) is 5.75 Å². The quantitative estimate of drug-likeness (QED) is 0.512. The second-order valence-electron chi connectivity index (χ2n) is 5.04. The smallest absolute Gasteiger partial charge is 0.115 e. The summed E-state index contributed by atoms with van der Waals surface area (Å²) in [6.07, 6.45) is 9.30. The lowest BCUT2D eigenvalue weighted by Gasteiger charge is -2.11. The molecule has 1 atom stereocenters. The molecule has 2 N–H and O–H groups in total. The van der Waals surface area contributed by atoms with E-state index < -0.39 is 6.10 Å². The molecule has 0 aromatic heterocycles. The Balaban J connectivity index is 2.41. The Kier molecular flexibility index (Phi) is 8.56. The number of aromatic hydroxyl groups is 1. The first-order valence-corrected chi connectivity index (χ1v) is 7.59. The summed E-state index contributed by atoms with van der Waals surface area (Å²) < 4.78 is 0. The first kappa shape index (κ1) is 17.5. The van der Waals surface area contributed by atoms with Crippen LogP contribution in [0.15, 0.2) is 60.2 Å². The van der Waals surface area contributed by atoms with Crippen molar-refractivity contribution in [2.24, 2.45) is 0 Å². The van der Waals surface area contributed by atoms with Crippen LogP contribution in [-0.4, -0.2) is 16.3 Å². The molecule has 21 heavy (non-hydrogen) atoms. The zero-order chi connectivity index (χ0) is 15.5. The van der Waals surface area contributed by atoms with Crippen LogP contribution in [0.25, 0.3) is 0 Å². The molecule has 1 aromatic carbocycles.